The molecule has 1 aliphatic carbocycles. The molecule has 3 nitrogen and oxygen atoms in total. The second kappa shape index (κ2) is 3.66. The number of aliphatic hydroxyl groups is 1. The first-order valence-electron chi connectivity index (χ1n) is 5.06. The summed E-state index contributed by atoms with van der Waals surface area (Å²) in [6.07, 6.45) is 2.79. The van der Waals surface area contributed by atoms with Gasteiger partial charge in [-0.2, -0.15) is 0 Å². The van der Waals surface area contributed by atoms with Gasteiger partial charge in [0.25, 0.3) is 0 Å². The van der Waals surface area contributed by atoms with Gasteiger partial charge < -0.3 is 9.84 Å². The van der Waals surface area contributed by atoms with Gasteiger partial charge in [-0.1, -0.05) is 12.1 Å². The molecule has 0 saturated carbocycles. The second-order valence-corrected chi connectivity index (χ2v) is 3.88. The summed E-state index contributed by atoms with van der Waals surface area (Å²) < 4.78 is 5.22. The number of hydrogen-bond acceptors (Lipinski definition) is 3. The van der Waals surface area contributed by atoms with Crippen LogP contribution in [-0.2, 0) is 16.8 Å². The standard InChI is InChI=1S/C12H14O3/c1-15-11-6-2-5-10-9(11)4-3-7-12(10,14)8-13/h2,5-6,8,14H,3-4,7H2,1H3. The molecule has 0 bridgehead atoms. The van der Waals surface area contributed by atoms with Gasteiger partial charge in [0.15, 0.2) is 6.29 Å². The number of carbonyl (C=O) groups is 1. The van der Waals surface area contributed by atoms with Gasteiger partial charge >= 0.3 is 0 Å². The van der Waals surface area contributed by atoms with Crippen LogP contribution < -0.4 is 4.74 Å². The molecule has 0 amide bonds. The van der Waals surface area contributed by atoms with Crippen LogP contribution in [0.5, 0.6) is 5.75 Å². The molecule has 0 radical (unpaired) electrons. The van der Waals surface area contributed by atoms with E-state index < -0.39 is 5.60 Å². The fourth-order valence-electron chi connectivity index (χ4n) is 2.21. The molecule has 3 heteroatoms. The first-order chi connectivity index (χ1) is 7.21. The van der Waals surface area contributed by atoms with Crippen molar-refractivity contribution in [2.75, 3.05) is 7.11 Å². The van der Waals surface area contributed by atoms with Gasteiger partial charge in [0, 0.05) is 5.56 Å². The number of aldehydes is 1. The minimum atomic E-state index is -1.32. The third-order valence-corrected chi connectivity index (χ3v) is 3.00. The lowest BCUT2D eigenvalue weighted by Gasteiger charge is -2.30. The maximum atomic E-state index is 11.0. The van der Waals surface area contributed by atoms with Gasteiger partial charge in [-0.15, -0.1) is 0 Å². The summed E-state index contributed by atoms with van der Waals surface area (Å²) in [5.74, 6) is 0.757. The Labute approximate surface area is 88.7 Å². The van der Waals surface area contributed by atoms with Crippen LogP contribution in [0.3, 0.4) is 0 Å². The molecule has 15 heavy (non-hydrogen) atoms. The van der Waals surface area contributed by atoms with Crippen LogP contribution in [0.4, 0.5) is 0 Å². The molecule has 1 atom stereocenters. The average molecular weight is 206 g/mol. The summed E-state index contributed by atoms with van der Waals surface area (Å²) in [6.45, 7) is 0. The van der Waals surface area contributed by atoms with Crippen molar-refractivity contribution in [1.29, 1.82) is 0 Å². The Morgan fingerprint density at radius 3 is 3.00 bits per heavy atom. The van der Waals surface area contributed by atoms with Crippen molar-refractivity contribution in [1.82, 2.24) is 0 Å². The molecule has 0 spiro atoms. The van der Waals surface area contributed by atoms with Gasteiger partial charge in [0.2, 0.25) is 0 Å². The van der Waals surface area contributed by atoms with Gasteiger partial charge in [-0.3, -0.25) is 4.79 Å². The maximum absolute atomic E-state index is 11.0. The minimum Gasteiger partial charge on any atom is -0.496 e. The molecule has 1 aromatic carbocycles. The molecule has 0 heterocycles. The smallest absolute Gasteiger partial charge is 0.156 e. The zero-order valence-corrected chi connectivity index (χ0v) is 8.69. The van der Waals surface area contributed by atoms with E-state index in [4.69, 9.17) is 4.74 Å². The Hall–Kier alpha value is -1.35. The highest BCUT2D eigenvalue weighted by molar-refractivity contribution is 5.68. The number of methoxy groups -OCH3 is 1. The summed E-state index contributed by atoms with van der Waals surface area (Å²) in [4.78, 5) is 11.0. The maximum Gasteiger partial charge on any atom is 0.156 e. The SMILES string of the molecule is COc1cccc2c1CCCC2(O)C=O. The van der Waals surface area contributed by atoms with E-state index in [2.05, 4.69) is 0 Å². The Morgan fingerprint density at radius 2 is 2.33 bits per heavy atom. The minimum absolute atomic E-state index is 0.497. The third kappa shape index (κ3) is 1.53. The van der Waals surface area contributed by atoms with Crippen LogP contribution in [0.1, 0.15) is 24.0 Å². The molecule has 0 aromatic heterocycles. The Morgan fingerprint density at radius 1 is 1.53 bits per heavy atom. The van der Waals surface area contributed by atoms with Crippen LogP contribution in [0, 0.1) is 0 Å². The molecule has 0 saturated heterocycles. The normalized spacial score (nSPS) is 24.4. The molecule has 0 aliphatic heterocycles. The quantitative estimate of drug-likeness (QED) is 0.744. The lowest BCUT2D eigenvalue weighted by Crippen LogP contribution is -2.32. The lowest BCUT2D eigenvalue weighted by atomic mass is 9.80. The highest BCUT2D eigenvalue weighted by Gasteiger charge is 2.35. The van der Waals surface area contributed by atoms with E-state index in [0.717, 1.165) is 24.2 Å². The van der Waals surface area contributed by atoms with Gasteiger partial charge in [-0.05, 0) is 30.9 Å². The van der Waals surface area contributed by atoms with E-state index in [1.807, 2.05) is 6.07 Å². The Bertz CT molecular complexity index is 386. The number of benzene rings is 1. The molecular weight excluding hydrogens is 192 g/mol. The Balaban J connectivity index is 2.58. The monoisotopic (exact) mass is 206 g/mol. The zero-order valence-electron chi connectivity index (χ0n) is 8.69. The number of ether oxygens (including phenoxy) is 1. The molecule has 1 unspecified atom stereocenters. The number of fused-ring (bicyclic) bond motifs is 1. The van der Waals surface area contributed by atoms with E-state index in [-0.39, 0.29) is 0 Å². The molecule has 2 rings (SSSR count). The van der Waals surface area contributed by atoms with E-state index in [1.165, 1.54) is 0 Å². The number of rotatable bonds is 2. The zero-order chi connectivity index (χ0) is 10.9. The molecule has 0 fully saturated rings. The summed E-state index contributed by atoms with van der Waals surface area (Å²) >= 11 is 0. The van der Waals surface area contributed by atoms with E-state index >= 15 is 0 Å². The third-order valence-electron chi connectivity index (χ3n) is 3.00. The van der Waals surface area contributed by atoms with Crippen molar-refractivity contribution in [3.8, 4) is 5.75 Å². The van der Waals surface area contributed by atoms with Crippen molar-refractivity contribution >= 4 is 6.29 Å². The average Bonchev–Trinajstić information content (AvgIpc) is 2.29. The van der Waals surface area contributed by atoms with E-state index in [9.17, 15) is 9.90 Å². The fraction of sp³-hybridized carbons (Fsp3) is 0.417. The summed E-state index contributed by atoms with van der Waals surface area (Å²) in [5, 5.41) is 10.1. The molecule has 1 N–H and O–H groups in total. The molecule has 1 aromatic rings. The van der Waals surface area contributed by atoms with Gasteiger partial charge in [0.05, 0.1) is 7.11 Å². The van der Waals surface area contributed by atoms with Crippen LogP contribution in [0.2, 0.25) is 0 Å². The molecule has 80 valence electrons. The van der Waals surface area contributed by atoms with Crippen LogP contribution in [0.25, 0.3) is 0 Å². The first kappa shape index (κ1) is 10.2. The number of carbonyl (C=O) groups excluding carboxylic acids is 1. The molecule has 1 aliphatic rings. The van der Waals surface area contributed by atoms with Crippen molar-refractivity contribution in [2.24, 2.45) is 0 Å². The Kier molecular flexibility index (Phi) is 2.49. The van der Waals surface area contributed by atoms with E-state index in [1.54, 1.807) is 19.2 Å². The topological polar surface area (TPSA) is 46.5 Å². The van der Waals surface area contributed by atoms with E-state index in [0.29, 0.717) is 18.3 Å². The summed E-state index contributed by atoms with van der Waals surface area (Å²) in [5.41, 5.74) is 0.339. The predicted molar refractivity (Wildman–Crippen MR) is 55.9 cm³/mol. The largest absolute Gasteiger partial charge is 0.496 e. The van der Waals surface area contributed by atoms with Gasteiger partial charge in [-0.25, -0.2) is 0 Å². The lowest BCUT2D eigenvalue weighted by molar-refractivity contribution is -0.126. The van der Waals surface area contributed by atoms with Crippen molar-refractivity contribution in [2.45, 2.75) is 24.9 Å². The van der Waals surface area contributed by atoms with Crippen molar-refractivity contribution in [3.05, 3.63) is 29.3 Å². The predicted octanol–water partition coefficient (Wildman–Crippen LogP) is 1.42. The molecular formula is C12H14O3. The van der Waals surface area contributed by atoms with Crippen LogP contribution in [0.15, 0.2) is 18.2 Å². The fourth-order valence-corrected chi connectivity index (χ4v) is 2.21. The summed E-state index contributed by atoms with van der Waals surface area (Å²) in [6, 6.07) is 5.46. The highest BCUT2D eigenvalue weighted by atomic mass is 16.5. The second-order valence-electron chi connectivity index (χ2n) is 3.88. The van der Waals surface area contributed by atoms with Crippen molar-refractivity contribution in [3.63, 3.8) is 0 Å². The highest BCUT2D eigenvalue weighted by Crippen LogP contribution is 2.37. The van der Waals surface area contributed by atoms with Gasteiger partial charge in [0.1, 0.15) is 11.4 Å². The summed E-state index contributed by atoms with van der Waals surface area (Å²) in [7, 11) is 1.60. The van der Waals surface area contributed by atoms with Crippen LogP contribution >= 0.6 is 0 Å². The van der Waals surface area contributed by atoms with Crippen LogP contribution in [-0.4, -0.2) is 18.5 Å². The van der Waals surface area contributed by atoms with Crippen molar-refractivity contribution < 1.29 is 14.6 Å². The first-order valence-corrected chi connectivity index (χ1v) is 5.06. The number of hydrogen-bond donors (Lipinski definition) is 1.